The van der Waals surface area contributed by atoms with E-state index in [2.05, 4.69) is 49.5 Å². The first kappa shape index (κ1) is 25.2. The van der Waals surface area contributed by atoms with Crippen LogP contribution >= 0.6 is 0 Å². The molecule has 200 valence electrons. The SMILES string of the molecule is O=C(Nc1ccc(F)cc1F)Nc1cc(-c2ccccc2-c2nnn[nH]2)cc2c1OCCCC2c1ccccc1. The normalized spacial score (nSPS) is 14.5. The lowest BCUT2D eigenvalue weighted by molar-refractivity contribution is 0.261. The number of hydrogen-bond acceptors (Lipinski definition) is 5. The van der Waals surface area contributed by atoms with Crippen LogP contribution in [0.4, 0.5) is 25.0 Å². The van der Waals surface area contributed by atoms with Crippen molar-refractivity contribution in [2.45, 2.75) is 18.8 Å². The molecule has 0 spiro atoms. The van der Waals surface area contributed by atoms with E-state index in [0.29, 0.717) is 29.9 Å². The van der Waals surface area contributed by atoms with Crippen LogP contribution in [0, 0.1) is 11.6 Å². The van der Waals surface area contributed by atoms with Crippen LogP contribution in [0.3, 0.4) is 0 Å². The summed E-state index contributed by atoms with van der Waals surface area (Å²) >= 11 is 0. The third-order valence-electron chi connectivity index (χ3n) is 6.84. The minimum atomic E-state index is -0.877. The largest absolute Gasteiger partial charge is 0.491 e. The van der Waals surface area contributed by atoms with E-state index in [1.807, 2.05) is 48.5 Å². The van der Waals surface area contributed by atoms with E-state index in [1.54, 1.807) is 0 Å². The quantitative estimate of drug-likeness (QED) is 0.229. The molecule has 5 aromatic rings. The van der Waals surface area contributed by atoms with Gasteiger partial charge < -0.3 is 15.4 Å². The van der Waals surface area contributed by atoms with Gasteiger partial charge in [0.2, 0.25) is 0 Å². The molecule has 6 rings (SSSR count). The number of H-pyrrole nitrogens is 1. The number of hydrogen-bond donors (Lipinski definition) is 3. The van der Waals surface area contributed by atoms with Crippen molar-refractivity contribution in [2.24, 2.45) is 0 Å². The van der Waals surface area contributed by atoms with Gasteiger partial charge in [-0.05, 0) is 64.2 Å². The number of aromatic amines is 1. The van der Waals surface area contributed by atoms with Crippen LogP contribution < -0.4 is 15.4 Å². The van der Waals surface area contributed by atoms with Crippen molar-refractivity contribution in [3.63, 3.8) is 0 Å². The van der Waals surface area contributed by atoms with Crippen LogP contribution in [0.2, 0.25) is 0 Å². The number of rotatable bonds is 5. The molecule has 0 radical (unpaired) electrons. The van der Waals surface area contributed by atoms with Crippen LogP contribution in [0.15, 0.2) is 84.9 Å². The lowest BCUT2D eigenvalue weighted by Crippen LogP contribution is -2.21. The summed E-state index contributed by atoms with van der Waals surface area (Å²) < 4.78 is 33.8. The van der Waals surface area contributed by atoms with Gasteiger partial charge in [0.25, 0.3) is 0 Å². The van der Waals surface area contributed by atoms with Crippen LogP contribution in [-0.2, 0) is 0 Å². The van der Waals surface area contributed by atoms with Crippen LogP contribution in [0.5, 0.6) is 5.75 Å². The molecule has 1 aromatic heterocycles. The van der Waals surface area contributed by atoms with Crippen molar-refractivity contribution < 1.29 is 18.3 Å². The number of benzene rings is 4. The molecule has 0 fully saturated rings. The number of ether oxygens (including phenoxy) is 1. The number of urea groups is 1. The van der Waals surface area contributed by atoms with Crippen molar-refractivity contribution in [2.75, 3.05) is 17.2 Å². The second-order valence-electron chi connectivity index (χ2n) is 9.39. The number of amides is 2. The van der Waals surface area contributed by atoms with E-state index in [-0.39, 0.29) is 11.6 Å². The Morgan fingerprint density at radius 1 is 0.900 bits per heavy atom. The number of carbonyl (C=O) groups is 1. The smallest absolute Gasteiger partial charge is 0.323 e. The highest BCUT2D eigenvalue weighted by molar-refractivity contribution is 6.01. The molecular formula is C30H24F2N6O2. The standard InChI is InChI=1S/C30H24F2N6O2/c31-20-12-13-26(25(32)17-20)33-30(39)34-27-16-19(22-9-4-5-10-23(22)29-35-37-38-36-29)15-24-21(11-6-14-40-28(24)27)18-7-2-1-3-8-18/h1-5,7-10,12-13,15-17,21H,6,11,14H2,(H2,33,34,39)(H,35,36,37,38). The fourth-order valence-corrected chi connectivity index (χ4v) is 5.05. The first-order chi connectivity index (χ1) is 19.6. The maximum Gasteiger partial charge on any atom is 0.323 e. The summed E-state index contributed by atoms with van der Waals surface area (Å²) in [4.78, 5) is 13.1. The van der Waals surface area contributed by atoms with Gasteiger partial charge in [-0.1, -0.05) is 54.6 Å². The van der Waals surface area contributed by atoms with Gasteiger partial charge in [-0.3, -0.25) is 0 Å². The number of fused-ring (bicyclic) bond motifs is 1. The first-order valence-electron chi connectivity index (χ1n) is 12.8. The van der Waals surface area contributed by atoms with E-state index in [4.69, 9.17) is 4.74 Å². The Hall–Kier alpha value is -5.12. The summed E-state index contributed by atoms with van der Waals surface area (Å²) in [5, 5.41) is 19.6. The van der Waals surface area contributed by atoms with Gasteiger partial charge in [0.1, 0.15) is 17.4 Å². The zero-order valence-electron chi connectivity index (χ0n) is 21.2. The van der Waals surface area contributed by atoms with E-state index in [9.17, 15) is 13.6 Å². The molecule has 1 atom stereocenters. The predicted octanol–water partition coefficient (Wildman–Crippen LogP) is 6.76. The molecule has 2 amide bonds. The fourth-order valence-electron chi connectivity index (χ4n) is 5.05. The van der Waals surface area contributed by atoms with Crippen molar-refractivity contribution in [3.8, 4) is 28.3 Å². The van der Waals surface area contributed by atoms with Gasteiger partial charge in [0.05, 0.1) is 18.0 Å². The van der Waals surface area contributed by atoms with Crippen molar-refractivity contribution in [1.29, 1.82) is 0 Å². The molecule has 2 heterocycles. The van der Waals surface area contributed by atoms with Crippen LogP contribution in [0.1, 0.15) is 29.9 Å². The van der Waals surface area contributed by atoms with Gasteiger partial charge in [0.15, 0.2) is 5.82 Å². The molecular weight excluding hydrogens is 514 g/mol. The van der Waals surface area contributed by atoms with Gasteiger partial charge in [-0.2, -0.15) is 0 Å². The minimum absolute atomic E-state index is 0.0101. The van der Waals surface area contributed by atoms with Crippen molar-refractivity contribution in [3.05, 3.63) is 108 Å². The molecule has 0 aliphatic carbocycles. The number of nitrogens with one attached hydrogen (secondary N) is 3. The Balaban J connectivity index is 1.47. The zero-order chi connectivity index (χ0) is 27.5. The first-order valence-corrected chi connectivity index (χ1v) is 12.8. The summed E-state index contributed by atoms with van der Waals surface area (Å²) in [7, 11) is 0. The maximum absolute atomic E-state index is 14.3. The Bertz CT molecular complexity index is 1660. The highest BCUT2D eigenvalue weighted by Crippen LogP contribution is 2.45. The summed E-state index contributed by atoms with van der Waals surface area (Å²) in [5.74, 6) is -0.555. The molecule has 0 saturated heterocycles. The summed E-state index contributed by atoms with van der Waals surface area (Å²) in [6.07, 6.45) is 1.66. The Morgan fingerprint density at radius 3 is 2.45 bits per heavy atom. The highest BCUT2D eigenvalue weighted by Gasteiger charge is 2.26. The molecule has 1 aliphatic rings. The topological polar surface area (TPSA) is 105 Å². The Kier molecular flexibility index (Phi) is 6.88. The van der Waals surface area contributed by atoms with E-state index in [0.717, 1.165) is 46.7 Å². The van der Waals surface area contributed by atoms with Crippen LogP contribution in [0.25, 0.3) is 22.5 Å². The minimum Gasteiger partial charge on any atom is -0.491 e. The number of carbonyl (C=O) groups excluding carboxylic acids is 1. The lowest BCUT2D eigenvalue weighted by Gasteiger charge is -2.22. The molecule has 0 bridgehead atoms. The summed E-state index contributed by atoms with van der Waals surface area (Å²) in [6.45, 7) is 0.471. The summed E-state index contributed by atoms with van der Waals surface area (Å²) in [5.41, 5.74) is 4.74. The predicted molar refractivity (Wildman–Crippen MR) is 147 cm³/mol. The van der Waals surface area contributed by atoms with E-state index < -0.39 is 17.7 Å². The average molecular weight is 539 g/mol. The van der Waals surface area contributed by atoms with Gasteiger partial charge in [-0.15, -0.1) is 5.10 Å². The second-order valence-corrected chi connectivity index (χ2v) is 9.39. The van der Waals surface area contributed by atoms with Crippen molar-refractivity contribution in [1.82, 2.24) is 20.6 Å². The van der Waals surface area contributed by atoms with Gasteiger partial charge in [-0.25, -0.2) is 18.7 Å². The molecule has 1 unspecified atom stereocenters. The van der Waals surface area contributed by atoms with E-state index in [1.165, 1.54) is 6.07 Å². The third kappa shape index (κ3) is 5.11. The van der Waals surface area contributed by atoms with Gasteiger partial charge >= 0.3 is 6.03 Å². The molecule has 0 saturated carbocycles. The van der Waals surface area contributed by atoms with Crippen LogP contribution in [-0.4, -0.2) is 33.3 Å². The number of nitrogens with zero attached hydrogens (tertiary/aromatic N) is 3. The molecule has 40 heavy (non-hydrogen) atoms. The zero-order valence-corrected chi connectivity index (χ0v) is 21.2. The number of aromatic nitrogens is 4. The monoisotopic (exact) mass is 538 g/mol. The maximum atomic E-state index is 14.3. The van der Waals surface area contributed by atoms with Crippen molar-refractivity contribution >= 4 is 17.4 Å². The molecule has 1 aliphatic heterocycles. The number of tetrazole rings is 1. The number of anilines is 2. The highest BCUT2D eigenvalue weighted by atomic mass is 19.1. The second kappa shape index (κ2) is 10.9. The lowest BCUT2D eigenvalue weighted by atomic mass is 9.85. The number of halogens is 2. The molecule has 3 N–H and O–H groups in total. The molecule has 4 aromatic carbocycles. The van der Waals surface area contributed by atoms with E-state index >= 15 is 0 Å². The Labute approximate surface area is 228 Å². The average Bonchev–Trinajstić information content (AvgIpc) is 3.42. The Morgan fingerprint density at radius 2 is 1.68 bits per heavy atom. The van der Waals surface area contributed by atoms with Gasteiger partial charge in [0, 0.05) is 23.1 Å². The third-order valence-corrected chi connectivity index (χ3v) is 6.84. The summed E-state index contributed by atoms with van der Waals surface area (Å²) in [6, 6.07) is 24.0. The molecule has 8 nitrogen and oxygen atoms in total. The molecule has 10 heteroatoms. The fraction of sp³-hybridized carbons (Fsp3) is 0.133.